The van der Waals surface area contributed by atoms with Crippen LogP contribution in [0.3, 0.4) is 0 Å². The predicted molar refractivity (Wildman–Crippen MR) is 90.8 cm³/mol. The molecular weight excluding hydrogens is 335 g/mol. The minimum absolute atomic E-state index is 0. The first kappa shape index (κ1) is 23.2. The van der Waals surface area contributed by atoms with E-state index in [-0.39, 0.29) is 24.8 Å². The summed E-state index contributed by atoms with van der Waals surface area (Å²) in [6.07, 6.45) is 1.02. The lowest BCUT2D eigenvalue weighted by atomic mass is 10.1. The molecule has 1 rings (SSSR count). The van der Waals surface area contributed by atoms with Gasteiger partial charge in [-0.15, -0.1) is 24.8 Å². The number of hydrogen-bond donors (Lipinski definition) is 2. The Bertz CT molecular complexity index is 444. The standard InChI is InChI=1S/C14H21F2N3O.2ClH/c1-3-8-19(2)12-6-4-11(5-7-12)13(20)18-10-14(15,16)9-17;;/h4-7H,3,8-10,17H2,1-2H3,(H,18,20);2*1H. The maximum absolute atomic E-state index is 12.9. The fraction of sp³-hybridized carbons (Fsp3) is 0.500. The minimum atomic E-state index is -3.07. The van der Waals surface area contributed by atoms with Crippen molar-refractivity contribution in [2.45, 2.75) is 19.3 Å². The summed E-state index contributed by atoms with van der Waals surface area (Å²) in [7, 11) is 1.96. The molecule has 0 bridgehead atoms. The van der Waals surface area contributed by atoms with Gasteiger partial charge in [-0.1, -0.05) is 6.92 Å². The van der Waals surface area contributed by atoms with Crippen molar-refractivity contribution in [1.29, 1.82) is 0 Å². The van der Waals surface area contributed by atoms with E-state index in [1.807, 2.05) is 7.05 Å². The van der Waals surface area contributed by atoms with E-state index in [0.717, 1.165) is 18.7 Å². The summed E-state index contributed by atoms with van der Waals surface area (Å²) in [5.41, 5.74) is 6.24. The van der Waals surface area contributed by atoms with Gasteiger partial charge in [0.15, 0.2) is 0 Å². The topological polar surface area (TPSA) is 58.4 Å². The van der Waals surface area contributed by atoms with E-state index in [4.69, 9.17) is 5.73 Å². The van der Waals surface area contributed by atoms with E-state index in [2.05, 4.69) is 17.1 Å². The number of hydrogen-bond acceptors (Lipinski definition) is 3. The average molecular weight is 358 g/mol. The highest BCUT2D eigenvalue weighted by Gasteiger charge is 2.27. The molecule has 0 unspecified atom stereocenters. The molecule has 1 aromatic rings. The van der Waals surface area contributed by atoms with Gasteiger partial charge in [-0.05, 0) is 30.7 Å². The van der Waals surface area contributed by atoms with Gasteiger partial charge >= 0.3 is 0 Å². The van der Waals surface area contributed by atoms with Crippen molar-refractivity contribution in [3.8, 4) is 0 Å². The molecule has 0 aliphatic rings. The van der Waals surface area contributed by atoms with Gasteiger partial charge in [0, 0.05) is 24.8 Å². The van der Waals surface area contributed by atoms with Gasteiger partial charge in [0.1, 0.15) is 0 Å². The second-order valence-corrected chi connectivity index (χ2v) is 4.71. The fourth-order valence-corrected chi connectivity index (χ4v) is 1.72. The number of carbonyl (C=O) groups is 1. The van der Waals surface area contributed by atoms with Crippen LogP contribution in [0.15, 0.2) is 24.3 Å². The number of alkyl halides is 2. The van der Waals surface area contributed by atoms with Crippen molar-refractivity contribution in [2.75, 3.05) is 31.6 Å². The molecule has 0 aliphatic carbocycles. The molecule has 3 N–H and O–H groups in total. The van der Waals surface area contributed by atoms with E-state index >= 15 is 0 Å². The zero-order valence-electron chi connectivity index (χ0n) is 12.6. The molecule has 128 valence electrons. The van der Waals surface area contributed by atoms with Gasteiger partial charge in [-0.25, -0.2) is 8.78 Å². The van der Waals surface area contributed by atoms with Gasteiger partial charge in [0.05, 0.1) is 13.1 Å². The van der Waals surface area contributed by atoms with Crippen LogP contribution in [0.2, 0.25) is 0 Å². The highest BCUT2D eigenvalue weighted by Crippen LogP contribution is 2.14. The zero-order chi connectivity index (χ0) is 15.2. The summed E-state index contributed by atoms with van der Waals surface area (Å²) in [5.74, 6) is -3.60. The Balaban J connectivity index is 0. The van der Waals surface area contributed by atoms with E-state index < -0.39 is 24.9 Å². The molecule has 1 aromatic carbocycles. The van der Waals surface area contributed by atoms with E-state index in [1.165, 1.54) is 0 Å². The summed E-state index contributed by atoms with van der Waals surface area (Å²) in [4.78, 5) is 13.8. The molecule has 0 saturated heterocycles. The van der Waals surface area contributed by atoms with Crippen LogP contribution in [-0.2, 0) is 0 Å². The van der Waals surface area contributed by atoms with Crippen molar-refractivity contribution in [3.05, 3.63) is 29.8 Å². The van der Waals surface area contributed by atoms with Crippen LogP contribution in [0, 0.1) is 0 Å². The van der Waals surface area contributed by atoms with Gasteiger partial charge in [0.25, 0.3) is 11.8 Å². The van der Waals surface area contributed by atoms with Gasteiger partial charge in [-0.2, -0.15) is 0 Å². The number of nitrogens with zero attached hydrogens (tertiary/aromatic N) is 1. The summed E-state index contributed by atoms with van der Waals surface area (Å²) in [5, 5.41) is 2.18. The Labute approximate surface area is 142 Å². The third-order valence-corrected chi connectivity index (χ3v) is 2.94. The molecule has 0 radical (unpaired) electrons. The number of benzene rings is 1. The molecule has 4 nitrogen and oxygen atoms in total. The second-order valence-electron chi connectivity index (χ2n) is 4.71. The van der Waals surface area contributed by atoms with Gasteiger partial charge in [-0.3, -0.25) is 4.79 Å². The lowest BCUT2D eigenvalue weighted by Crippen LogP contribution is -2.41. The Morgan fingerprint density at radius 3 is 2.27 bits per heavy atom. The van der Waals surface area contributed by atoms with Crippen LogP contribution in [0.4, 0.5) is 14.5 Å². The van der Waals surface area contributed by atoms with Gasteiger partial charge < -0.3 is 16.0 Å². The molecule has 8 heteroatoms. The highest BCUT2D eigenvalue weighted by molar-refractivity contribution is 5.94. The van der Waals surface area contributed by atoms with Crippen LogP contribution in [-0.4, -0.2) is 38.5 Å². The third-order valence-electron chi connectivity index (χ3n) is 2.94. The number of halogens is 4. The zero-order valence-corrected chi connectivity index (χ0v) is 14.3. The molecular formula is C14H23Cl2F2N3O. The first-order valence-electron chi connectivity index (χ1n) is 6.57. The third kappa shape index (κ3) is 7.24. The maximum atomic E-state index is 12.9. The maximum Gasteiger partial charge on any atom is 0.277 e. The molecule has 0 aromatic heterocycles. The van der Waals surface area contributed by atoms with Crippen molar-refractivity contribution in [2.24, 2.45) is 5.73 Å². The molecule has 0 atom stereocenters. The molecule has 0 spiro atoms. The molecule has 1 amide bonds. The summed E-state index contributed by atoms with van der Waals surface area (Å²) >= 11 is 0. The van der Waals surface area contributed by atoms with Gasteiger partial charge in [0.2, 0.25) is 0 Å². The van der Waals surface area contributed by atoms with Crippen LogP contribution in [0.25, 0.3) is 0 Å². The van der Waals surface area contributed by atoms with Crippen molar-refractivity contribution < 1.29 is 13.6 Å². The van der Waals surface area contributed by atoms with E-state index in [9.17, 15) is 13.6 Å². The van der Waals surface area contributed by atoms with Crippen molar-refractivity contribution in [1.82, 2.24) is 5.32 Å². The molecule has 0 aliphatic heterocycles. The van der Waals surface area contributed by atoms with E-state index in [1.54, 1.807) is 24.3 Å². The lowest BCUT2D eigenvalue weighted by Gasteiger charge is -2.18. The summed E-state index contributed by atoms with van der Waals surface area (Å²) in [6.45, 7) is 1.46. The first-order chi connectivity index (χ1) is 9.39. The molecule has 0 heterocycles. The average Bonchev–Trinajstić information content (AvgIpc) is 2.45. The summed E-state index contributed by atoms with van der Waals surface area (Å²) in [6, 6.07) is 6.84. The minimum Gasteiger partial charge on any atom is -0.375 e. The predicted octanol–water partition coefficient (Wildman–Crippen LogP) is 2.70. The highest BCUT2D eigenvalue weighted by atomic mass is 35.5. The lowest BCUT2D eigenvalue weighted by molar-refractivity contribution is 0.0118. The van der Waals surface area contributed by atoms with Crippen LogP contribution in [0.5, 0.6) is 0 Å². The Hall–Kier alpha value is -1.11. The van der Waals surface area contributed by atoms with Crippen LogP contribution in [0.1, 0.15) is 23.7 Å². The number of nitrogens with one attached hydrogen (secondary N) is 1. The van der Waals surface area contributed by atoms with Crippen molar-refractivity contribution >= 4 is 36.4 Å². The largest absolute Gasteiger partial charge is 0.375 e. The SMILES string of the molecule is CCCN(C)c1ccc(C(=O)NCC(F)(F)CN)cc1.Cl.Cl. The van der Waals surface area contributed by atoms with Crippen molar-refractivity contribution in [3.63, 3.8) is 0 Å². The summed E-state index contributed by atoms with van der Waals surface area (Å²) < 4.78 is 25.9. The number of nitrogens with two attached hydrogens (primary N) is 1. The molecule has 22 heavy (non-hydrogen) atoms. The number of amides is 1. The number of anilines is 1. The fourth-order valence-electron chi connectivity index (χ4n) is 1.72. The monoisotopic (exact) mass is 357 g/mol. The van der Waals surface area contributed by atoms with Crippen LogP contribution < -0.4 is 16.0 Å². The Morgan fingerprint density at radius 1 is 1.27 bits per heavy atom. The molecule has 0 saturated carbocycles. The Kier molecular flexibility index (Phi) is 11.1. The smallest absolute Gasteiger partial charge is 0.277 e. The Morgan fingerprint density at radius 2 is 1.82 bits per heavy atom. The first-order valence-corrected chi connectivity index (χ1v) is 6.57. The molecule has 0 fully saturated rings. The quantitative estimate of drug-likeness (QED) is 0.788. The number of rotatable bonds is 7. The number of carbonyl (C=O) groups excluding carboxylic acids is 1. The normalized spacial score (nSPS) is 10.2. The van der Waals surface area contributed by atoms with Crippen LogP contribution >= 0.6 is 24.8 Å². The van der Waals surface area contributed by atoms with E-state index in [0.29, 0.717) is 5.56 Å². The second kappa shape index (κ2) is 10.6.